The van der Waals surface area contributed by atoms with Gasteiger partial charge in [0.1, 0.15) is 6.54 Å². The number of hydrogen-bond acceptors (Lipinski definition) is 3. The lowest BCUT2D eigenvalue weighted by atomic mass is 9.99. The van der Waals surface area contributed by atoms with E-state index in [1.54, 1.807) is 36.2 Å². The van der Waals surface area contributed by atoms with Gasteiger partial charge in [0.05, 0.1) is 17.0 Å². The van der Waals surface area contributed by atoms with Crippen molar-refractivity contribution < 1.29 is 14.7 Å². The van der Waals surface area contributed by atoms with E-state index in [4.69, 9.17) is 5.11 Å². The van der Waals surface area contributed by atoms with E-state index in [-0.39, 0.29) is 18.0 Å². The van der Waals surface area contributed by atoms with Gasteiger partial charge in [-0.2, -0.15) is 0 Å². The molecule has 3 rings (SSSR count). The Morgan fingerprint density at radius 3 is 2.50 bits per heavy atom. The maximum absolute atomic E-state index is 12.0. The topological polar surface area (TPSA) is 70.0 Å². The number of carbonyl (C=O) groups excluding carboxylic acids is 1. The Labute approximate surface area is 127 Å². The predicted molar refractivity (Wildman–Crippen MR) is 83.8 cm³/mol. The first-order chi connectivity index (χ1) is 10.6. The molecular formula is C17H14N2O3. The summed E-state index contributed by atoms with van der Waals surface area (Å²) in [4.78, 5) is 29.0. The smallest absolute Gasteiger partial charge is 0.335 e. The van der Waals surface area contributed by atoms with Crippen LogP contribution in [0.3, 0.4) is 0 Å². The quantitative estimate of drug-likeness (QED) is 0.923. The second-order valence-corrected chi connectivity index (χ2v) is 5.02. The molecule has 1 heterocycles. The molecule has 0 saturated carbocycles. The van der Waals surface area contributed by atoms with E-state index in [9.17, 15) is 9.59 Å². The fourth-order valence-corrected chi connectivity index (χ4v) is 2.46. The molecule has 0 aliphatic carbocycles. The van der Waals surface area contributed by atoms with Crippen molar-refractivity contribution in [2.24, 2.45) is 4.99 Å². The second-order valence-electron chi connectivity index (χ2n) is 5.02. The summed E-state index contributed by atoms with van der Waals surface area (Å²) in [5, 5.41) is 8.98. The minimum absolute atomic E-state index is 0.0706. The number of amides is 1. The van der Waals surface area contributed by atoms with Crippen LogP contribution >= 0.6 is 0 Å². The molecule has 1 aliphatic rings. The minimum Gasteiger partial charge on any atom is -0.478 e. The Morgan fingerprint density at radius 1 is 1.14 bits per heavy atom. The summed E-state index contributed by atoms with van der Waals surface area (Å²) in [5.74, 6) is -1.05. The van der Waals surface area contributed by atoms with E-state index in [1.807, 2.05) is 24.3 Å². The van der Waals surface area contributed by atoms with Crippen LogP contribution in [-0.4, -0.2) is 36.3 Å². The molecule has 0 aromatic heterocycles. The SMILES string of the molecule is CN1C(=O)CN=C(c2ccc(C(=O)O)cc2)c2ccccc21. The van der Waals surface area contributed by atoms with Crippen LogP contribution in [0.5, 0.6) is 0 Å². The lowest BCUT2D eigenvalue weighted by Gasteiger charge is -2.17. The van der Waals surface area contributed by atoms with Gasteiger partial charge in [0.15, 0.2) is 0 Å². The molecule has 2 aromatic carbocycles. The molecule has 1 aliphatic heterocycles. The van der Waals surface area contributed by atoms with Crippen molar-refractivity contribution in [2.75, 3.05) is 18.5 Å². The average Bonchev–Trinajstić information content (AvgIpc) is 2.66. The predicted octanol–water partition coefficient (Wildman–Crippen LogP) is 2.20. The van der Waals surface area contributed by atoms with Crippen LogP contribution in [0, 0.1) is 0 Å². The van der Waals surface area contributed by atoms with E-state index in [2.05, 4.69) is 4.99 Å². The van der Waals surface area contributed by atoms with Crippen molar-refractivity contribution in [1.29, 1.82) is 0 Å². The van der Waals surface area contributed by atoms with Crippen LogP contribution in [0.1, 0.15) is 21.5 Å². The fourth-order valence-electron chi connectivity index (χ4n) is 2.46. The number of carboxylic acid groups (broad SMARTS) is 1. The van der Waals surface area contributed by atoms with Crippen LogP contribution in [0.2, 0.25) is 0 Å². The van der Waals surface area contributed by atoms with Gasteiger partial charge >= 0.3 is 5.97 Å². The molecule has 5 nitrogen and oxygen atoms in total. The Bertz CT molecular complexity index is 779. The number of aromatic carboxylic acids is 1. The van der Waals surface area contributed by atoms with Crippen LogP contribution in [0.4, 0.5) is 5.69 Å². The third-order valence-electron chi connectivity index (χ3n) is 3.67. The molecular weight excluding hydrogens is 280 g/mol. The van der Waals surface area contributed by atoms with Gasteiger partial charge in [0, 0.05) is 18.2 Å². The van der Waals surface area contributed by atoms with Gasteiger partial charge in [-0.25, -0.2) is 4.79 Å². The van der Waals surface area contributed by atoms with Gasteiger partial charge in [-0.15, -0.1) is 0 Å². The van der Waals surface area contributed by atoms with Gasteiger partial charge in [0.25, 0.3) is 0 Å². The molecule has 22 heavy (non-hydrogen) atoms. The Hall–Kier alpha value is -2.95. The number of hydrogen-bond donors (Lipinski definition) is 1. The van der Waals surface area contributed by atoms with Gasteiger partial charge < -0.3 is 10.0 Å². The summed E-state index contributed by atoms with van der Waals surface area (Å²) in [5.41, 5.74) is 3.37. The molecule has 0 bridgehead atoms. The zero-order chi connectivity index (χ0) is 15.7. The van der Waals surface area contributed by atoms with Gasteiger partial charge in [0.2, 0.25) is 5.91 Å². The number of benzodiazepines with no additional fused rings is 1. The first kappa shape index (κ1) is 14.0. The molecule has 5 heteroatoms. The Balaban J connectivity index is 2.11. The standard InChI is InChI=1S/C17H14N2O3/c1-19-14-5-3-2-4-13(14)16(18-10-15(19)20)11-6-8-12(9-7-11)17(21)22/h2-9H,10H2,1H3,(H,21,22). The molecule has 0 fully saturated rings. The number of benzene rings is 2. The van der Waals surface area contributed by atoms with Crippen LogP contribution in [0.15, 0.2) is 53.5 Å². The van der Waals surface area contributed by atoms with Crippen LogP contribution in [0.25, 0.3) is 0 Å². The number of carboxylic acids is 1. The second kappa shape index (κ2) is 5.44. The fraction of sp³-hybridized carbons (Fsp3) is 0.118. The van der Waals surface area contributed by atoms with E-state index < -0.39 is 5.97 Å². The molecule has 0 spiro atoms. The summed E-state index contributed by atoms with van der Waals surface area (Å²) in [6, 6.07) is 14.1. The Kier molecular flexibility index (Phi) is 3.47. The molecule has 0 radical (unpaired) electrons. The van der Waals surface area contributed by atoms with Crippen molar-refractivity contribution in [1.82, 2.24) is 0 Å². The number of likely N-dealkylation sites (N-methyl/N-ethyl adjacent to an activating group) is 1. The number of para-hydroxylation sites is 1. The number of anilines is 1. The van der Waals surface area contributed by atoms with Gasteiger partial charge in [-0.05, 0) is 18.2 Å². The lowest BCUT2D eigenvalue weighted by molar-refractivity contribution is -0.116. The highest BCUT2D eigenvalue weighted by atomic mass is 16.4. The Morgan fingerprint density at radius 2 is 1.82 bits per heavy atom. The maximum atomic E-state index is 12.0. The third kappa shape index (κ3) is 2.37. The van der Waals surface area contributed by atoms with Crippen LogP contribution < -0.4 is 4.90 Å². The van der Waals surface area contributed by atoms with Crippen molar-refractivity contribution >= 4 is 23.3 Å². The van der Waals surface area contributed by atoms with Gasteiger partial charge in [-0.1, -0.05) is 30.3 Å². The van der Waals surface area contributed by atoms with Gasteiger partial charge in [-0.3, -0.25) is 9.79 Å². The van der Waals surface area contributed by atoms with E-state index in [0.29, 0.717) is 5.71 Å². The number of aliphatic imine (C=N–C) groups is 1. The maximum Gasteiger partial charge on any atom is 0.335 e. The minimum atomic E-state index is -0.968. The normalized spacial score (nSPS) is 14.1. The lowest BCUT2D eigenvalue weighted by Crippen LogP contribution is -2.27. The summed E-state index contributed by atoms with van der Waals surface area (Å²) in [7, 11) is 1.73. The number of nitrogens with zero attached hydrogens (tertiary/aromatic N) is 2. The van der Waals surface area contributed by atoms with Crippen molar-refractivity contribution in [3.8, 4) is 0 Å². The molecule has 0 unspecified atom stereocenters. The molecule has 0 saturated heterocycles. The summed E-state index contributed by atoms with van der Waals surface area (Å²) in [6.45, 7) is 0.0706. The first-order valence-corrected chi connectivity index (χ1v) is 6.82. The van der Waals surface area contributed by atoms with Crippen molar-refractivity contribution in [3.05, 3.63) is 65.2 Å². The van der Waals surface area contributed by atoms with Crippen molar-refractivity contribution in [2.45, 2.75) is 0 Å². The average molecular weight is 294 g/mol. The van der Waals surface area contributed by atoms with Crippen molar-refractivity contribution in [3.63, 3.8) is 0 Å². The van der Waals surface area contributed by atoms with E-state index >= 15 is 0 Å². The zero-order valence-corrected chi connectivity index (χ0v) is 12.0. The third-order valence-corrected chi connectivity index (χ3v) is 3.67. The molecule has 2 aromatic rings. The first-order valence-electron chi connectivity index (χ1n) is 6.82. The number of fused-ring (bicyclic) bond motifs is 1. The number of carbonyl (C=O) groups is 2. The summed E-state index contributed by atoms with van der Waals surface area (Å²) in [6.07, 6.45) is 0. The highest BCUT2D eigenvalue weighted by molar-refractivity contribution is 6.19. The zero-order valence-electron chi connectivity index (χ0n) is 12.0. The highest BCUT2D eigenvalue weighted by Gasteiger charge is 2.21. The summed E-state index contributed by atoms with van der Waals surface area (Å²) >= 11 is 0. The molecule has 110 valence electrons. The van der Waals surface area contributed by atoms with Crippen LogP contribution in [-0.2, 0) is 4.79 Å². The van der Waals surface area contributed by atoms with E-state index in [0.717, 1.165) is 16.8 Å². The molecule has 1 amide bonds. The van der Waals surface area contributed by atoms with E-state index in [1.165, 1.54) is 0 Å². The summed E-state index contributed by atoms with van der Waals surface area (Å²) < 4.78 is 0. The molecule has 0 atom stereocenters. The molecule has 1 N–H and O–H groups in total. The highest BCUT2D eigenvalue weighted by Crippen LogP contribution is 2.25. The number of rotatable bonds is 2. The monoisotopic (exact) mass is 294 g/mol. The largest absolute Gasteiger partial charge is 0.478 e.